The Kier molecular flexibility index (Phi) is 5.40. The van der Waals surface area contributed by atoms with Gasteiger partial charge in [0, 0.05) is 6.92 Å². The molecule has 2 atom stereocenters. The molecule has 1 fully saturated rings. The van der Waals surface area contributed by atoms with Crippen molar-refractivity contribution in [3.63, 3.8) is 0 Å². The molecule has 0 aliphatic carbocycles. The largest absolute Gasteiger partial charge is 0.497 e. The predicted molar refractivity (Wildman–Crippen MR) is 98.7 cm³/mol. The van der Waals surface area contributed by atoms with Gasteiger partial charge in [0.05, 0.1) is 20.4 Å². The summed E-state index contributed by atoms with van der Waals surface area (Å²) in [6, 6.07) is 14.0. The van der Waals surface area contributed by atoms with E-state index in [4.69, 9.17) is 14.2 Å². The number of esters is 1. The smallest absolute Gasteiger partial charge is 0.303 e. The molecule has 0 unspecified atom stereocenters. The first-order valence-electron chi connectivity index (χ1n) is 8.35. The first-order valence-corrected chi connectivity index (χ1v) is 8.35. The molecule has 1 aliphatic rings. The highest BCUT2D eigenvalue weighted by Gasteiger charge is 2.51. The number of benzene rings is 2. The van der Waals surface area contributed by atoms with Gasteiger partial charge in [0.25, 0.3) is 5.91 Å². The number of rotatable bonds is 6. The third kappa shape index (κ3) is 3.92. The highest BCUT2D eigenvalue weighted by Crippen LogP contribution is 2.38. The van der Waals surface area contributed by atoms with Crippen molar-refractivity contribution in [3.8, 4) is 11.5 Å². The van der Waals surface area contributed by atoms with Crippen LogP contribution in [0.5, 0.6) is 11.5 Å². The minimum atomic E-state index is -0.885. The third-order valence-electron chi connectivity index (χ3n) is 4.22. The zero-order valence-electron chi connectivity index (χ0n) is 15.3. The summed E-state index contributed by atoms with van der Waals surface area (Å²) in [5.74, 6) is 0.557. The van der Waals surface area contributed by atoms with Crippen LogP contribution in [0.2, 0.25) is 0 Å². The van der Waals surface area contributed by atoms with Gasteiger partial charge in [0.2, 0.25) is 6.10 Å². The Hall–Kier alpha value is -3.35. The molecule has 0 saturated carbocycles. The van der Waals surface area contributed by atoms with Gasteiger partial charge >= 0.3 is 5.97 Å². The van der Waals surface area contributed by atoms with Gasteiger partial charge in [-0.25, -0.2) is 5.01 Å². The monoisotopic (exact) mass is 368 g/mol. The van der Waals surface area contributed by atoms with Crippen LogP contribution < -0.4 is 9.47 Å². The van der Waals surface area contributed by atoms with E-state index in [1.807, 2.05) is 36.4 Å². The van der Waals surface area contributed by atoms with Gasteiger partial charge in [-0.2, -0.15) is 5.10 Å². The van der Waals surface area contributed by atoms with Crippen LogP contribution in [0.3, 0.4) is 0 Å². The summed E-state index contributed by atoms with van der Waals surface area (Å²) < 4.78 is 15.5. The summed E-state index contributed by atoms with van der Waals surface area (Å²) in [5, 5.41) is 5.61. The number of β-lactam (4-membered cyclic amide) rings is 1. The first kappa shape index (κ1) is 18.4. The highest BCUT2D eigenvalue weighted by molar-refractivity contribution is 5.92. The molecule has 0 radical (unpaired) electrons. The second-order valence-corrected chi connectivity index (χ2v) is 5.95. The molecule has 1 saturated heterocycles. The molecule has 1 aliphatic heterocycles. The van der Waals surface area contributed by atoms with Crippen molar-refractivity contribution in [2.45, 2.75) is 19.1 Å². The van der Waals surface area contributed by atoms with Crippen molar-refractivity contribution in [1.29, 1.82) is 0 Å². The molecule has 1 heterocycles. The van der Waals surface area contributed by atoms with Crippen molar-refractivity contribution in [1.82, 2.24) is 5.01 Å². The Bertz CT molecular complexity index is 846. The van der Waals surface area contributed by atoms with Crippen LogP contribution in [-0.2, 0) is 14.3 Å². The molecule has 27 heavy (non-hydrogen) atoms. The fraction of sp³-hybridized carbons (Fsp3) is 0.250. The van der Waals surface area contributed by atoms with Gasteiger partial charge in [-0.1, -0.05) is 12.1 Å². The van der Waals surface area contributed by atoms with Crippen LogP contribution in [0.15, 0.2) is 53.6 Å². The Labute approximate surface area is 157 Å². The lowest BCUT2D eigenvalue weighted by Gasteiger charge is -2.42. The summed E-state index contributed by atoms with van der Waals surface area (Å²) in [7, 11) is 3.17. The molecular formula is C20H20N2O5. The highest BCUT2D eigenvalue weighted by atomic mass is 16.6. The number of methoxy groups -OCH3 is 2. The number of carbonyl (C=O) groups is 2. The summed E-state index contributed by atoms with van der Waals surface area (Å²) in [4.78, 5) is 23.8. The molecule has 2 aromatic carbocycles. The number of amides is 1. The number of carbonyl (C=O) groups excluding carboxylic acids is 2. The van der Waals surface area contributed by atoms with Crippen LogP contribution in [-0.4, -0.2) is 43.4 Å². The normalized spacial score (nSPS) is 18.9. The molecule has 2 aromatic rings. The van der Waals surface area contributed by atoms with Gasteiger partial charge < -0.3 is 14.2 Å². The van der Waals surface area contributed by atoms with Crippen molar-refractivity contribution < 1.29 is 23.8 Å². The Balaban J connectivity index is 1.83. The fourth-order valence-electron chi connectivity index (χ4n) is 2.81. The maximum Gasteiger partial charge on any atom is 0.303 e. The van der Waals surface area contributed by atoms with Gasteiger partial charge in [0.15, 0.2) is 0 Å². The zero-order chi connectivity index (χ0) is 19.4. The standard InChI is InChI=1S/C20H20N2O5/c1-13(23)27-19-18(15-6-10-17(26-3)11-7-15)22(20(19)24)21-12-14-4-8-16(25-2)9-5-14/h4-12,18-19H,1-3H3/b21-12-/t18-,19+/m1/s1. The summed E-state index contributed by atoms with van der Waals surface area (Å²) >= 11 is 0. The lowest BCUT2D eigenvalue weighted by atomic mass is 9.92. The lowest BCUT2D eigenvalue weighted by molar-refractivity contribution is -0.182. The van der Waals surface area contributed by atoms with E-state index in [2.05, 4.69) is 5.10 Å². The minimum absolute atomic E-state index is 0.365. The van der Waals surface area contributed by atoms with Crippen molar-refractivity contribution in [2.24, 2.45) is 5.10 Å². The maximum absolute atomic E-state index is 12.4. The van der Waals surface area contributed by atoms with Crippen molar-refractivity contribution in [3.05, 3.63) is 59.7 Å². The van der Waals surface area contributed by atoms with Crippen molar-refractivity contribution >= 4 is 18.1 Å². The Morgan fingerprint density at radius 2 is 1.56 bits per heavy atom. The second kappa shape index (κ2) is 7.90. The number of ether oxygens (including phenoxy) is 3. The number of nitrogens with zero attached hydrogens (tertiary/aromatic N) is 2. The Morgan fingerprint density at radius 3 is 2.07 bits per heavy atom. The van der Waals surface area contributed by atoms with E-state index in [1.54, 1.807) is 32.6 Å². The lowest BCUT2D eigenvalue weighted by Crippen LogP contribution is -2.57. The topological polar surface area (TPSA) is 77.4 Å². The summed E-state index contributed by atoms with van der Waals surface area (Å²) in [5.41, 5.74) is 1.61. The SMILES string of the molecule is COc1ccc(/C=N\N2C(=O)[C@@H](OC(C)=O)[C@H]2c2ccc(OC)cc2)cc1. The van der Waals surface area contributed by atoms with Gasteiger partial charge in [0.1, 0.15) is 17.5 Å². The first-order chi connectivity index (χ1) is 13.0. The van der Waals surface area contributed by atoms with Gasteiger partial charge in [-0.3, -0.25) is 9.59 Å². The minimum Gasteiger partial charge on any atom is -0.497 e. The molecule has 7 nitrogen and oxygen atoms in total. The van der Waals surface area contributed by atoms with E-state index in [9.17, 15) is 9.59 Å². The fourth-order valence-corrected chi connectivity index (χ4v) is 2.81. The molecule has 0 aromatic heterocycles. The molecule has 3 rings (SSSR count). The van der Waals surface area contributed by atoms with Crippen LogP contribution in [0.25, 0.3) is 0 Å². The number of hydrogen-bond donors (Lipinski definition) is 0. The molecular weight excluding hydrogens is 348 g/mol. The molecule has 140 valence electrons. The van der Waals surface area contributed by atoms with Crippen LogP contribution >= 0.6 is 0 Å². The molecule has 1 amide bonds. The zero-order valence-corrected chi connectivity index (χ0v) is 15.3. The average Bonchev–Trinajstić information content (AvgIpc) is 2.69. The van der Waals surface area contributed by atoms with Gasteiger partial charge in [-0.15, -0.1) is 0 Å². The third-order valence-corrected chi connectivity index (χ3v) is 4.22. The summed E-state index contributed by atoms with van der Waals surface area (Å²) in [6.07, 6.45) is 0.696. The van der Waals surface area contributed by atoms with E-state index in [0.717, 1.165) is 16.9 Å². The van der Waals surface area contributed by atoms with E-state index in [0.29, 0.717) is 5.75 Å². The Morgan fingerprint density at radius 1 is 1.00 bits per heavy atom. The van der Waals surface area contributed by atoms with Crippen molar-refractivity contribution in [2.75, 3.05) is 14.2 Å². The van der Waals surface area contributed by atoms with E-state index >= 15 is 0 Å². The molecule has 0 N–H and O–H groups in total. The quantitative estimate of drug-likeness (QED) is 0.445. The van der Waals surface area contributed by atoms with Gasteiger partial charge in [-0.05, 0) is 47.5 Å². The predicted octanol–water partition coefficient (Wildman–Crippen LogP) is 2.55. The molecule has 7 heteroatoms. The molecule has 0 bridgehead atoms. The molecule has 0 spiro atoms. The van der Waals surface area contributed by atoms with Crippen LogP contribution in [0.1, 0.15) is 24.1 Å². The number of hydrogen-bond acceptors (Lipinski definition) is 6. The van der Waals surface area contributed by atoms with E-state index < -0.39 is 18.1 Å². The second-order valence-electron chi connectivity index (χ2n) is 5.95. The van der Waals surface area contributed by atoms with E-state index in [1.165, 1.54) is 11.9 Å². The van der Waals surface area contributed by atoms with Crippen LogP contribution in [0, 0.1) is 0 Å². The summed E-state index contributed by atoms with van der Waals surface area (Å²) in [6.45, 7) is 1.28. The van der Waals surface area contributed by atoms with Crippen LogP contribution in [0.4, 0.5) is 0 Å². The number of hydrazone groups is 1. The van der Waals surface area contributed by atoms with E-state index in [-0.39, 0.29) is 5.91 Å². The average molecular weight is 368 g/mol. The maximum atomic E-state index is 12.4.